The first-order valence-corrected chi connectivity index (χ1v) is 7.62. The maximum absolute atomic E-state index is 12.1. The highest BCUT2D eigenvalue weighted by Gasteiger charge is 2.13. The van der Waals surface area contributed by atoms with Gasteiger partial charge in [-0.3, -0.25) is 14.6 Å². The number of H-pyrrole nitrogens is 2. The van der Waals surface area contributed by atoms with Gasteiger partial charge in [-0.15, -0.1) is 0 Å². The van der Waals surface area contributed by atoms with E-state index < -0.39 is 11.2 Å². The summed E-state index contributed by atoms with van der Waals surface area (Å²) < 4.78 is 0. The fourth-order valence-electron chi connectivity index (χ4n) is 2.38. The van der Waals surface area contributed by atoms with Crippen molar-refractivity contribution in [2.24, 2.45) is 0 Å². The van der Waals surface area contributed by atoms with E-state index in [0.29, 0.717) is 16.3 Å². The summed E-state index contributed by atoms with van der Waals surface area (Å²) in [5.41, 5.74) is 0.711. The number of halogens is 1. The molecule has 7 heteroatoms. The van der Waals surface area contributed by atoms with Crippen LogP contribution in [0.25, 0.3) is 0 Å². The minimum Gasteiger partial charge on any atom is -0.350 e. The number of rotatable bonds is 5. The first-order chi connectivity index (χ1) is 10.9. The lowest BCUT2D eigenvalue weighted by atomic mass is 10.1. The largest absolute Gasteiger partial charge is 0.350 e. The lowest BCUT2D eigenvalue weighted by Crippen LogP contribution is -2.30. The molecule has 3 N–H and O–H groups in total. The van der Waals surface area contributed by atoms with Crippen LogP contribution < -0.4 is 16.6 Å². The van der Waals surface area contributed by atoms with Crippen LogP contribution >= 0.6 is 11.6 Å². The number of amides is 1. The van der Waals surface area contributed by atoms with Gasteiger partial charge in [-0.25, -0.2) is 4.79 Å². The lowest BCUT2D eigenvalue weighted by molar-refractivity contribution is -0.121. The van der Waals surface area contributed by atoms with E-state index >= 15 is 0 Å². The van der Waals surface area contributed by atoms with Crippen LogP contribution in [0.3, 0.4) is 0 Å². The zero-order chi connectivity index (χ0) is 17.0. The van der Waals surface area contributed by atoms with Gasteiger partial charge >= 0.3 is 5.69 Å². The predicted molar refractivity (Wildman–Crippen MR) is 88.8 cm³/mol. The van der Waals surface area contributed by atoms with Gasteiger partial charge in [-0.1, -0.05) is 29.8 Å². The van der Waals surface area contributed by atoms with Gasteiger partial charge in [-0.05, 0) is 31.9 Å². The summed E-state index contributed by atoms with van der Waals surface area (Å²) >= 11 is 6.10. The van der Waals surface area contributed by atoms with Gasteiger partial charge in [0.25, 0.3) is 5.56 Å². The molecular formula is C16H18ClN3O3. The number of hydrogen-bond acceptors (Lipinski definition) is 3. The van der Waals surface area contributed by atoms with Crippen molar-refractivity contribution in [1.29, 1.82) is 0 Å². The lowest BCUT2D eigenvalue weighted by Gasteiger charge is -2.15. The second kappa shape index (κ2) is 7.28. The average Bonchev–Trinajstić information content (AvgIpc) is 2.46. The third-order valence-corrected chi connectivity index (χ3v) is 3.95. The second-order valence-electron chi connectivity index (χ2n) is 5.32. The Labute approximate surface area is 137 Å². The van der Waals surface area contributed by atoms with Gasteiger partial charge in [0.1, 0.15) is 0 Å². The van der Waals surface area contributed by atoms with Gasteiger partial charge < -0.3 is 10.3 Å². The van der Waals surface area contributed by atoms with Crippen molar-refractivity contribution in [3.8, 4) is 0 Å². The number of carbonyl (C=O) groups is 1. The van der Waals surface area contributed by atoms with E-state index in [4.69, 9.17) is 11.6 Å². The fraction of sp³-hybridized carbons (Fsp3) is 0.312. The molecule has 2 aromatic rings. The minimum atomic E-state index is -0.548. The van der Waals surface area contributed by atoms with E-state index in [1.54, 1.807) is 13.0 Å². The van der Waals surface area contributed by atoms with Crippen molar-refractivity contribution in [2.75, 3.05) is 0 Å². The highest BCUT2D eigenvalue weighted by Crippen LogP contribution is 2.22. The van der Waals surface area contributed by atoms with Crippen LogP contribution in [0.15, 0.2) is 33.9 Å². The van der Waals surface area contributed by atoms with Crippen LogP contribution in [0.4, 0.5) is 0 Å². The monoisotopic (exact) mass is 335 g/mol. The van der Waals surface area contributed by atoms with Crippen molar-refractivity contribution in [3.63, 3.8) is 0 Å². The Hall–Kier alpha value is -2.34. The van der Waals surface area contributed by atoms with Crippen LogP contribution in [-0.2, 0) is 11.2 Å². The van der Waals surface area contributed by atoms with Crippen molar-refractivity contribution in [2.45, 2.75) is 32.7 Å². The summed E-state index contributed by atoms with van der Waals surface area (Å²) in [4.78, 5) is 39.6. The summed E-state index contributed by atoms with van der Waals surface area (Å²) in [6, 6.07) is 7.07. The Kier molecular flexibility index (Phi) is 5.39. The molecule has 0 aliphatic rings. The van der Waals surface area contributed by atoms with Crippen molar-refractivity contribution in [1.82, 2.24) is 15.3 Å². The number of carbonyl (C=O) groups excluding carboxylic acids is 1. The molecule has 0 spiro atoms. The molecular weight excluding hydrogens is 318 g/mol. The quantitative estimate of drug-likeness (QED) is 0.778. The van der Waals surface area contributed by atoms with Crippen molar-refractivity contribution >= 4 is 17.5 Å². The van der Waals surface area contributed by atoms with Gasteiger partial charge in [-0.2, -0.15) is 0 Å². The fourth-order valence-corrected chi connectivity index (χ4v) is 2.68. The van der Waals surface area contributed by atoms with E-state index in [-0.39, 0.29) is 24.8 Å². The van der Waals surface area contributed by atoms with Crippen molar-refractivity contribution < 1.29 is 4.79 Å². The standard InChI is InChI=1S/C16H18ClN3O3/c1-9(11-5-3-4-6-13(11)17)18-14(21)8-7-12-10(2)19-16(23)20-15(12)22/h3-6,9H,7-8H2,1-2H3,(H,18,21)(H2,19,20,22,23). The molecule has 1 heterocycles. The highest BCUT2D eigenvalue weighted by molar-refractivity contribution is 6.31. The smallest absolute Gasteiger partial charge is 0.325 e. The molecule has 1 unspecified atom stereocenters. The van der Waals surface area contributed by atoms with E-state index in [1.165, 1.54) is 0 Å². The topological polar surface area (TPSA) is 94.8 Å². The number of nitrogens with one attached hydrogen (secondary N) is 3. The Bertz CT molecular complexity index is 826. The van der Waals surface area contributed by atoms with Crippen LogP contribution in [0, 0.1) is 6.92 Å². The Morgan fingerprint density at radius 1 is 1.26 bits per heavy atom. The molecule has 6 nitrogen and oxygen atoms in total. The molecule has 0 fully saturated rings. The average molecular weight is 336 g/mol. The molecule has 122 valence electrons. The zero-order valence-electron chi connectivity index (χ0n) is 12.9. The summed E-state index contributed by atoms with van der Waals surface area (Å²) in [7, 11) is 0. The minimum absolute atomic E-state index is 0.144. The maximum atomic E-state index is 12.1. The van der Waals surface area contributed by atoms with Crippen molar-refractivity contribution in [3.05, 3.63) is 66.9 Å². The summed E-state index contributed by atoms with van der Waals surface area (Å²) in [6.45, 7) is 3.48. The second-order valence-corrected chi connectivity index (χ2v) is 5.73. The van der Waals surface area contributed by atoms with Gasteiger partial charge in [0.2, 0.25) is 5.91 Å². The summed E-state index contributed by atoms with van der Waals surface area (Å²) in [6.07, 6.45) is 0.393. The summed E-state index contributed by atoms with van der Waals surface area (Å²) in [5.74, 6) is -0.192. The zero-order valence-corrected chi connectivity index (χ0v) is 13.7. The van der Waals surface area contributed by atoms with Gasteiger partial charge in [0, 0.05) is 22.7 Å². The molecule has 23 heavy (non-hydrogen) atoms. The molecule has 1 atom stereocenters. The van der Waals surface area contributed by atoms with E-state index in [2.05, 4.69) is 15.3 Å². The van der Waals surface area contributed by atoms with E-state index in [0.717, 1.165) is 5.56 Å². The van der Waals surface area contributed by atoms with Crippen LogP contribution in [-0.4, -0.2) is 15.9 Å². The van der Waals surface area contributed by atoms with Crippen LogP contribution in [0.1, 0.15) is 36.2 Å². The Morgan fingerprint density at radius 3 is 2.61 bits per heavy atom. The molecule has 1 aromatic heterocycles. The highest BCUT2D eigenvalue weighted by atomic mass is 35.5. The van der Waals surface area contributed by atoms with Gasteiger partial charge in [0.05, 0.1) is 6.04 Å². The maximum Gasteiger partial charge on any atom is 0.325 e. The Morgan fingerprint density at radius 2 is 1.96 bits per heavy atom. The number of hydrogen-bond donors (Lipinski definition) is 3. The van der Waals surface area contributed by atoms with Crippen LogP contribution in [0.5, 0.6) is 0 Å². The molecule has 2 rings (SSSR count). The van der Waals surface area contributed by atoms with Crippen LogP contribution in [0.2, 0.25) is 5.02 Å². The first-order valence-electron chi connectivity index (χ1n) is 7.24. The van der Waals surface area contributed by atoms with E-state index in [1.807, 2.05) is 25.1 Å². The molecule has 0 bridgehead atoms. The number of aromatic amines is 2. The molecule has 1 amide bonds. The molecule has 0 saturated carbocycles. The number of benzene rings is 1. The van der Waals surface area contributed by atoms with E-state index in [9.17, 15) is 14.4 Å². The third-order valence-electron chi connectivity index (χ3n) is 3.61. The molecule has 1 aromatic carbocycles. The normalized spacial score (nSPS) is 12.0. The molecule has 0 radical (unpaired) electrons. The molecule has 0 saturated heterocycles. The molecule has 0 aliphatic heterocycles. The van der Waals surface area contributed by atoms with Gasteiger partial charge in [0.15, 0.2) is 0 Å². The number of aromatic nitrogens is 2. The first kappa shape index (κ1) is 17.0. The summed E-state index contributed by atoms with van der Waals surface area (Å²) in [5, 5.41) is 3.44. The third kappa shape index (κ3) is 4.32. The Balaban J connectivity index is 2.00. The predicted octanol–water partition coefficient (Wildman–Crippen LogP) is 1.84. The SMILES string of the molecule is Cc1[nH]c(=O)[nH]c(=O)c1CCC(=O)NC(C)c1ccccc1Cl. The molecule has 0 aliphatic carbocycles. The number of aryl methyl sites for hydroxylation is 1.